The topological polar surface area (TPSA) is 84.5 Å². The third-order valence-corrected chi connectivity index (χ3v) is 4.77. The summed E-state index contributed by atoms with van der Waals surface area (Å²) in [4.78, 5) is 12.9. The van der Waals surface area contributed by atoms with Gasteiger partial charge in [-0.2, -0.15) is 0 Å². The molecule has 11 heteroatoms. The van der Waals surface area contributed by atoms with E-state index in [4.69, 9.17) is 23.7 Å². The van der Waals surface area contributed by atoms with Crippen LogP contribution >= 0.6 is 0 Å². The number of anilines is 1. The fourth-order valence-corrected chi connectivity index (χ4v) is 3.78. The number of alkyl halides is 3. The van der Waals surface area contributed by atoms with Crippen molar-refractivity contribution in [3.63, 3.8) is 0 Å². The molecule has 1 N–H and O–H groups in total. The minimum Gasteiger partial charge on any atom is -0.406 e. The molecule has 0 bridgehead atoms. The van der Waals surface area contributed by atoms with Crippen molar-refractivity contribution >= 4 is 11.6 Å². The zero-order valence-electron chi connectivity index (χ0n) is 16.7. The van der Waals surface area contributed by atoms with Crippen LogP contribution in [0.5, 0.6) is 5.75 Å². The Kier molecular flexibility index (Phi) is 5.02. The molecule has 1 amide bonds. The lowest BCUT2D eigenvalue weighted by Gasteiger charge is -2.36. The van der Waals surface area contributed by atoms with E-state index in [2.05, 4.69) is 10.1 Å². The molecule has 1 aromatic rings. The molecule has 0 aliphatic carbocycles. The first kappa shape index (κ1) is 21.3. The van der Waals surface area contributed by atoms with E-state index in [1.165, 1.54) is 12.1 Å². The number of ether oxygens (including phenoxy) is 6. The molecule has 30 heavy (non-hydrogen) atoms. The lowest BCUT2D eigenvalue weighted by Crippen LogP contribution is -2.58. The Hall–Kier alpha value is -1.92. The molecule has 5 atom stereocenters. The highest BCUT2D eigenvalue weighted by Crippen LogP contribution is 2.44. The van der Waals surface area contributed by atoms with E-state index in [0.717, 1.165) is 12.1 Å². The molecule has 4 rings (SSSR count). The molecule has 3 heterocycles. The molecule has 0 unspecified atom stereocenters. The Morgan fingerprint density at radius 1 is 0.933 bits per heavy atom. The first-order valence-electron chi connectivity index (χ1n) is 9.35. The second kappa shape index (κ2) is 7.06. The van der Waals surface area contributed by atoms with E-state index in [-0.39, 0.29) is 5.69 Å². The first-order valence-corrected chi connectivity index (χ1v) is 9.35. The van der Waals surface area contributed by atoms with Crippen LogP contribution in [0, 0.1) is 0 Å². The van der Waals surface area contributed by atoms with Gasteiger partial charge in [-0.1, -0.05) is 0 Å². The fourth-order valence-electron chi connectivity index (χ4n) is 3.78. The summed E-state index contributed by atoms with van der Waals surface area (Å²) in [6.45, 7) is 6.89. The Balaban J connectivity index is 1.49. The lowest BCUT2D eigenvalue weighted by atomic mass is 9.98. The number of benzene rings is 1. The molecule has 0 spiro atoms. The maximum Gasteiger partial charge on any atom is 0.573 e. The molecule has 3 saturated heterocycles. The highest BCUT2D eigenvalue weighted by Gasteiger charge is 2.62. The van der Waals surface area contributed by atoms with Crippen LogP contribution < -0.4 is 10.1 Å². The first-order chi connectivity index (χ1) is 13.8. The SMILES string of the molecule is CC1(C)O[C@H]2[C@@H](O1)[C@@H](C(=O)Nc1ccc(OC(F)(F)F)cc1)O[C@H]1OC(C)(C)O[C@@H]12. The van der Waals surface area contributed by atoms with Gasteiger partial charge in [0.25, 0.3) is 5.91 Å². The average Bonchev–Trinajstić information content (AvgIpc) is 3.08. The van der Waals surface area contributed by atoms with Gasteiger partial charge >= 0.3 is 6.36 Å². The van der Waals surface area contributed by atoms with Crippen LogP contribution in [0.15, 0.2) is 24.3 Å². The molecular formula is C19H22F3NO7. The molecule has 0 aromatic heterocycles. The van der Waals surface area contributed by atoms with E-state index in [1.807, 2.05) is 0 Å². The van der Waals surface area contributed by atoms with Crippen molar-refractivity contribution in [1.29, 1.82) is 0 Å². The van der Waals surface area contributed by atoms with Gasteiger partial charge in [-0.3, -0.25) is 4.79 Å². The van der Waals surface area contributed by atoms with Crippen LogP contribution in [0.4, 0.5) is 18.9 Å². The van der Waals surface area contributed by atoms with Crippen molar-refractivity contribution in [2.45, 2.75) is 76.3 Å². The minimum absolute atomic E-state index is 0.263. The van der Waals surface area contributed by atoms with Crippen molar-refractivity contribution in [1.82, 2.24) is 0 Å². The van der Waals surface area contributed by atoms with Crippen molar-refractivity contribution in [3.8, 4) is 5.75 Å². The molecule has 3 fully saturated rings. The number of nitrogens with one attached hydrogen (secondary N) is 1. The maximum atomic E-state index is 12.9. The number of hydrogen-bond donors (Lipinski definition) is 1. The molecule has 1 aromatic carbocycles. The van der Waals surface area contributed by atoms with Gasteiger partial charge in [0, 0.05) is 5.69 Å². The van der Waals surface area contributed by atoms with E-state index in [1.54, 1.807) is 27.7 Å². The Morgan fingerprint density at radius 2 is 1.50 bits per heavy atom. The van der Waals surface area contributed by atoms with E-state index < -0.39 is 60.3 Å². The molecule has 0 radical (unpaired) electrons. The predicted molar refractivity (Wildman–Crippen MR) is 94.3 cm³/mol. The number of carbonyl (C=O) groups excluding carboxylic acids is 1. The van der Waals surface area contributed by atoms with Crippen molar-refractivity contribution < 1.29 is 46.4 Å². The van der Waals surface area contributed by atoms with Gasteiger partial charge in [-0.25, -0.2) is 0 Å². The molecule has 3 aliphatic rings. The van der Waals surface area contributed by atoms with Crippen LogP contribution in [0.3, 0.4) is 0 Å². The summed E-state index contributed by atoms with van der Waals surface area (Å²) >= 11 is 0. The largest absolute Gasteiger partial charge is 0.573 e. The highest BCUT2D eigenvalue weighted by atomic mass is 19.4. The maximum absolute atomic E-state index is 12.9. The number of carbonyl (C=O) groups is 1. The minimum atomic E-state index is -4.80. The second-order valence-corrected chi connectivity index (χ2v) is 8.15. The Labute approximate surface area is 170 Å². The molecule has 3 aliphatic heterocycles. The zero-order chi connectivity index (χ0) is 21.9. The van der Waals surface area contributed by atoms with Gasteiger partial charge in [0.2, 0.25) is 0 Å². The van der Waals surface area contributed by atoms with Crippen molar-refractivity contribution in [3.05, 3.63) is 24.3 Å². The highest BCUT2D eigenvalue weighted by molar-refractivity contribution is 5.94. The summed E-state index contributed by atoms with van der Waals surface area (Å²) in [6, 6.07) is 4.77. The third-order valence-electron chi connectivity index (χ3n) is 4.77. The van der Waals surface area contributed by atoms with Gasteiger partial charge in [0.15, 0.2) is 24.0 Å². The van der Waals surface area contributed by atoms with Gasteiger partial charge in [0.1, 0.15) is 24.1 Å². The molecule has 166 valence electrons. The number of rotatable bonds is 3. The molecule has 0 saturated carbocycles. The normalized spacial score (nSPS) is 34.2. The summed E-state index contributed by atoms with van der Waals surface area (Å²) in [5.74, 6) is -2.83. The van der Waals surface area contributed by atoms with Gasteiger partial charge in [0.05, 0.1) is 0 Å². The number of fused-ring (bicyclic) bond motifs is 3. The van der Waals surface area contributed by atoms with Crippen LogP contribution in [0.1, 0.15) is 27.7 Å². The smallest absolute Gasteiger partial charge is 0.406 e. The predicted octanol–water partition coefficient (Wildman–Crippen LogP) is 2.92. The lowest BCUT2D eigenvalue weighted by molar-refractivity contribution is -0.274. The van der Waals surface area contributed by atoms with Crippen molar-refractivity contribution in [2.75, 3.05) is 5.32 Å². The monoisotopic (exact) mass is 433 g/mol. The van der Waals surface area contributed by atoms with Crippen LogP contribution in [-0.4, -0.2) is 54.5 Å². The standard InChI is InChI=1S/C19H22F3NO7/c1-17(2)27-11-12(28-17)14-16(30-18(3,4)29-14)25-13(11)15(24)23-9-5-7-10(8-6-9)26-19(20,21)22/h5-8,11-14,16H,1-4H3,(H,23,24)/t11-,12+,13+,14-,16+/m1/s1. The van der Waals surface area contributed by atoms with E-state index in [0.29, 0.717) is 0 Å². The summed E-state index contributed by atoms with van der Waals surface area (Å²) < 4.78 is 70.0. The van der Waals surface area contributed by atoms with E-state index in [9.17, 15) is 18.0 Å². The van der Waals surface area contributed by atoms with Crippen LogP contribution in [0.2, 0.25) is 0 Å². The van der Waals surface area contributed by atoms with Gasteiger partial charge in [-0.05, 0) is 52.0 Å². The third kappa shape index (κ3) is 4.40. The zero-order valence-corrected chi connectivity index (χ0v) is 16.7. The molecule has 8 nitrogen and oxygen atoms in total. The Bertz CT molecular complexity index is 811. The number of halogens is 3. The summed E-state index contributed by atoms with van der Waals surface area (Å²) in [6.07, 6.45) is -8.64. The van der Waals surface area contributed by atoms with Crippen LogP contribution in [-0.2, 0) is 28.5 Å². The van der Waals surface area contributed by atoms with Crippen molar-refractivity contribution in [2.24, 2.45) is 0 Å². The fraction of sp³-hybridized carbons (Fsp3) is 0.632. The second-order valence-electron chi connectivity index (χ2n) is 8.15. The summed E-state index contributed by atoms with van der Waals surface area (Å²) in [5, 5.41) is 2.61. The molecular weight excluding hydrogens is 411 g/mol. The van der Waals surface area contributed by atoms with E-state index >= 15 is 0 Å². The summed E-state index contributed by atoms with van der Waals surface area (Å²) in [5.41, 5.74) is 0.263. The van der Waals surface area contributed by atoms with Crippen LogP contribution in [0.25, 0.3) is 0 Å². The van der Waals surface area contributed by atoms with Gasteiger partial charge in [-0.15, -0.1) is 13.2 Å². The number of hydrogen-bond acceptors (Lipinski definition) is 7. The summed E-state index contributed by atoms with van der Waals surface area (Å²) in [7, 11) is 0. The Morgan fingerprint density at radius 3 is 2.13 bits per heavy atom. The van der Waals surface area contributed by atoms with Gasteiger partial charge < -0.3 is 33.7 Å². The quantitative estimate of drug-likeness (QED) is 0.785. The average molecular weight is 433 g/mol. The number of amides is 1.